The largest absolute Gasteiger partial charge is 0.490 e. The number of imide groups is 1. The van der Waals surface area contributed by atoms with E-state index >= 15 is 0 Å². The van der Waals surface area contributed by atoms with Crippen LogP contribution in [0.15, 0.2) is 88.2 Å². The van der Waals surface area contributed by atoms with Gasteiger partial charge in [-0.1, -0.05) is 88.2 Å². The number of rotatable bonds is 8. The standard InChI is InChI=1S/C30H23BrClNO4S/c1-2-36-26-14-22(24(31)16-27(26)37-18-21-9-4-6-13-25(21)32)15-28-29(34)33(30(35)38-28)17-20-11-7-10-19-8-3-5-12-23(19)20/h3-16H,2,17-18H2,1H3/b28-15+. The van der Waals surface area contributed by atoms with Gasteiger partial charge >= 0.3 is 0 Å². The van der Waals surface area contributed by atoms with Gasteiger partial charge in [-0.25, -0.2) is 0 Å². The molecule has 1 fully saturated rings. The first-order chi connectivity index (χ1) is 18.4. The SMILES string of the molecule is CCOc1cc(/C=C2/SC(=O)N(Cc3cccc4ccccc34)C2=O)c(Br)cc1OCc1ccccc1Cl. The van der Waals surface area contributed by atoms with Gasteiger partial charge in [0.15, 0.2) is 11.5 Å². The van der Waals surface area contributed by atoms with Crippen LogP contribution in [0.2, 0.25) is 5.02 Å². The molecule has 4 aromatic carbocycles. The summed E-state index contributed by atoms with van der Waals surface area (Å²) >= 11 is 10.8. The van der Waals surface area contributed by atoms with E-state index in [1.807, 2.05) is 73.7 Å². The Bertz CT molecular complexity index is 1570. The van der Waals surface area contributed by atoms with E-state index < -0.39 is 0 Å². The number of halogens is 2. The molecule has 4 aromatic rings. The van der Waals surface area contributed by atoms with Crippen molar-refractivity contribution in [3.05, 3.63) is 110 Å². The normalized spacial score (nSPS) is 14.5. The van der Waals surface area contributed by atoms with Crippen molar-refractivity contribution in [3.8, 4) is 11.5 Å². The number of carbonyl (C=O) groups excluding carboxylic acids is 2. The number of nitrogens with zero attached hydrogens (tertiary/aromatic N) is 1. The molecule has 0 N–H and O–H groups in total. The first-order valence-electron chi connectivity index (χ1n) is 12.0. The molecule has 1 aliphatic rings. The average molecular weight is 609 g/mol. The van der Waals surface area contributed by atoms with Crippen LogP contribution in [0.1, 0.15) is 23.6 Å². The Morgan fingerprint density at radius 2 is 1.63 bits per heavy atom. The lowest BCUT2D eigenvalue weighted by Crippen LogP contribution is -2.27. The van der Waals surface area contributed by atoms with Gasteiger partial charge < -0.3 is 9.47 Å². The zero-order chi connectivity index (χ0) is 26.6. The third kappa shape index (κ3) is 5.60. The summed E-state index contributed by atoms with van der Waals surface area (Å²) in [5.41, 5.74) is 2.48. The van der Waals surface area contributed by atoms with Gasteiger partial charge in [0.2, 0.25) is 0 Å². The maximum atomic E-state index is 13.3. The van der Waals surface area contributed by atoms with E-state index in [0.29, 0.717) is 38.1 Å². The molecule has 0 aromatic heterocycles. The zero-order valence-electron chi connectivity index (χ0n) is 20.4. The topological polar surface area (TPSA) is 55.8 Å². The Balaban J connectivity index is 1.39. The molecular weight excluding hydrogens is 586 g/mol. The van der Waals surface area contributed by atoms with E-state index in [2.05, 4.69) is 15.9 Å². The summed E-state index contributed by atoms with van der Waals surface area (Å²) in [6, 6.07) is 24.9. The molecule has 0 bridgehead atoms. The Morgan fingerprint density at radius 3 is 2.45 bits per heavy atom. The molecule has 2 amide bonds. The molecule has 0 saturated carbocycles. The summed E-state index contributed by atoms with van der Waals surface area (Å²) in [5.74, 6) is 0.751. The van der Waals surface area contributed by atoms with Crippen LogP contribution in [0, 0.1) is 0 Å². The fourth-order valence-corrected chi connectivity index (χ4v) is 5.65. The third-order valence-corrected chi connectivity index (χ3v) is 8.04. The molecule has 0 atom stereocenters. The number of carbonyl (C=O) groups is 2. The van der Waals surface area contributed by atoms with E-state index in [4.69, 9.17) is 21.1 Å². The summed E-state index contributed by atoms with van der Waals surface area (Å²) in [7, 11) is 0. The molecule has 0 aliphatic carbocycles. The van der Waals surface area contributed by atoms with Crippen LogP contribution in [0.3, 0.4) is 0 Å². The second-order valence-corrected chi connectivity index (χ2v) is 10.8. The van der Waals surface area contributed by atoms with Gasteiger partial charge in [0, 0.05) is 15.1 Å². The van der Waals surface area contributed by atoms with Gasteiger partial charge in [0.25, 0.3) is 11.1 Å². The highest BCUT2D eigenvalue weighted by Crippen LogP contribution is 2.39. The van der Waals surface area contributed by atoms with E-state index in [0.717, 1.165) is 33.7 Å². The predicted molar refractivity (Wildman–Crippen MR) is 157 cm³/mol. The quantitative estimate of drug-likeness (QED) is 0.188. The van der Waals surface area contributed by atoms with Crippen molar-refractivity contribution >= 4 is 67.3 Å². The molecule has 0 radical (unpaired) electrons. The van der Waals surface area contributed by atoms with E-state index in [1.54, 1.807) is 18.2 Å². The summed E-state index contributed by atoms with van der Waals surface area (Å²) in [4.78, 5) is 27.8. The minimum Gasteiger partial charge on any atom is -0.490 e. The minimum absolute atomic E-state index is 0.212. The number of ether oxygens (including phenoxy) is 2. The minimum atomic E-state index is -0.322. The molecule has 192 valence electrons. The van der Waals surface area contributed by atoms with E-state index in [-0.39, 0.29) is 24.3 Å². The molecule has 5 rings (SSSR count). The van der Waals surface area contributed by atoms with Gasteiger partial charge in [-0.2, -0.15) is 0 Å². The number of fused-ring (bicyclic) bond motifs is 1. The summed E-state index contributed by atoms with van der Waals surface area (Å²) in [6.45, 7) is 2.81. The fourth-order valence-electron chi connectivity index (χ4n) is 4.19. The summed E-state index contributed by atoms with van der Waals surface area (Å²) < 4.78 is 12.6. The molecule has 0 spiro atoms. The highest BCUT2D eigenvalue weighted by atomic mass is 79.9. The summed E-state index contributed by atoms with van der Waals surface area (Å²) in [5, 5.41) is 2.42. The van der Waals surface area contributed by atoms with Crippen molar-refractivity contribution in [2.75, 3.05) is 6.61 Å². The van der Waals surface area contributed by atoms with Crippen LogP contribution >= 0.6 is 39.3 Å². The monoisotopic (exact) mass is 607 g/mol. The fraction of sp³-hybridized carbons (Fsp3) is 0.133. The second-order valence-electron chi connectivity index (χ2n) is 8.54. The molecular formula is C30H23BrClNO4S. The molecule has 1 saturated heterocycles. The van der Waals surface area contributed by atoms with Gasteiger partial charge in [-0.05, 0) is 64.9 Å². The van der Waals surface area contributed by atoms with Gasteiger partial charge in [0.1, 0.15) is 6.61 Å². The van der Waals surface area contributed by atoms with Crippen molar-refractivity contribution < 1.29 is 19.1 Å². The van der Waals surface area contributed by atoms with E-state index in [1.165, 1.54) is 4.90 Å². The van der Waals surface area contributed by atoms with Crippen LogP contribution in [0.4, 0.5) is 4.79 Å². The van der Waals surface area contributed by atoms with Gasteiger partial charge in [-0.15, -0.1) is 0 Å². The van der Waals surface area contributed by atoms with Crippen molar-refractivity contribution in [3.63, 3.8) is 0 Å². The second kappa shape index (κ2) is 11.6. The molecule has 8 heteroatoms. The Morgan fingerprint density at radius 1 is 0.921 bits per heavy atom. The maximum absolute atomic E-state index is 13.3. The van der Waals surface area contributed by atoms with Crippen LogP contribution in [-0.4, -0.2) is 22.7 Å². The highest BCUT2D eigenvalue weighted by Gasteiger charge is 2.35. The molecule has 1 heterocycles. The first kappa shape index (κ1) is 26.4. The Labute approximate surface area is 238 Å². The van der Waals surface area contributed by atoms with E-state index in [9.17, 15) is 9.59 Å². The number of thioether (sulfide) groups is 1. The third-order valence-electron chi connectivity index (χ3n) is 6.07. The van der Waals surface area contributed by atoms with Gasteiger partial charge in [0.05, 0.1) is 18.1 Å². The van der Waals surface area contributed by atoms with Crippen molar-refractivity contribution in [1.29, 1.82) is 0 Å². The lowest BCUT2D eigenvalue weighted by molar-refractivity contribution is -0.123. The molecule has 5 nitrogen and oxygen atoms in total. The lowest BCUT2D eigenvalue weighted by Gasteiger charge is -2.15. The van der Waals surface area contributed by atoms with Gasteiger partial charge in [-0.3, -0.25) is 14.5 Å². The average Bonchev–Trinajstić information content (AvgIpc) is 3.18. The molecule has 0 unspecified atom stereocenters. The van der Waals surface area contributed by atoms with Crippen LogP contribution in [0.25, 0.3) is 16.8 Å². The smallest absolute Gasteiger partial charge is 0.293 e. The van der Waals surface area contributed by atoms with Crippen LogP contribution in [0.5, 0.6) is 11.5 Å². The van der Waals surface area contributed by atoms with Crippen molar-refractivity contribution in [1.82, 2.24) is 4.90 Å². The number of hydrogen-bond donors (Lipinski definition) is 0. The first-order valence-corrected chi connectivity index (χ1v) is 14.0. The van der Waals surface area contributed by atoms with Crippen LogP contribution in [-0.2, 0) is 17.9 Å². The Hall–Kier alpha value is -3.26. The Kier molecular flexibility index (Phi) is 8.07. The number of amides is 2. The molecule has 38 heavy (non-hydrogen) atoms. The van der Waals surface area contributed by atoms with Crippen molar-refractivity contribution in [2.45, 2.75) is 20.1 Å². The maximum Gasteiger partial charge on any atom is 0.293 e. The van der Waals surface area contributed by atoms with Crippen molar-refractivity contribution in [2.24, 2.45) is 0 Å². The van der Waals surface area contributed by atoms with Crippen LogP contribution < -0.4 is 9.47 Å². The lowest BCUT2D eigenvalue weighted by atomic mass is 10.0. The number of hydrogen-bond acceptors (Lipinski definition) is 5. The predicted octanol–water partition coefficient (Wildman–Crippen LogP) is 8.47. The summed E-state index contributed by atoms with van der Waals surface area (Å²) in [6.07, 6.45) is 1.71. The number of benzene rings is 4. The molecule has 1 aliphatic heterocycles. The highest BCUT2D eigenvalue weighted by molar-refractivity contribution is 9.10. The zero-order valence-corrected chi connectivity index (χ0v) is 23.6.